The molecule has 0 aromatic heterocycles. The van der Waals surface area contributed by atoms with Gasteiger partial charge in [0.25, 0.3) is 5.91 Å². The lowest BCUT2D eigenvalue weighted by Crippen LogP contribution is -2.53. The summed E-state index contributed by atoms with van der Waals surface area (Å²) in [5, 5.41) is 6.01. The van der Waals surface area contributed by atoms with E-state index in [0.717, 1.165) is 18.4 Å². The van der Waals surface area contributed by atoms with Crippen LogP contribution in [0.3, 0.4) is 0 Å². The number of rotatable bonds is 8. The third kappa shape index (κ3) is 6.94. The number of nitrogens with zero attached hydrogens (tertiary/aromatic N) is 1. The Morgan fingerprint density at radius 2 is 1.53 bits per heavy atom. The van der Waals surface area contributed by atoms with Crippen LogP contribution in [-0.4, -0.2) is 47.8 Å². The standard InChI is InChI=1S/C26H33N3O3/c1-19(2)17-24(30)29-15-13-22(14-16-29)27-26(32)23(18-20-9-5-3-6-10-20)28-25(31)21-11-7-4-8-12-21/h3-12,19,22-23H,13-18H2,1-2H3,(H,27,32)(H,28,31). The first-order valence-electron chi connectivity index (χ1n) is 11.4. The summed E-state index contributed by atoms with van der Waals surface area (Å²) in [6.45, 7) is 5.38. The molecular formula is C26H33N3O3. The van der Waals surface area contributed by atoms with Crippen molar-refractivity contribution in [2.45, 2.75) is 51.6 Å². The second kappa shape index (κ2) is 11.5. The number of benzene rings is 2. The predicted molar refractivity (Wildman–Crippen MR) is 125 cm³/mol. The normalized spacial score (nSPS) is 15.3. The van der Waals surface area contributed by atoms with E-state index in [0.29, 0.717) is 37.4 Å². The van der Waals surface area contributed by atoms with Crippen molar-refractivity contribution < 1.29 is 14.4 Å². The second-order valence-corrected chi connectivity index (χ2v) is 8.84. The summed E-state index contributed by atoms with van der Waals surface area (Å²) >= 11 is 0. The molecule has 1 heterocycles. The molecule has 0 radical (unpaired) electrons. The molecule has 2 aromatic rings. The maximum absolute atomic E-state index is 13.1. The van der Waals surface area contributed by atoms with Crippen LogP contribution in [0, 0.1) is 5.92 Å². The van der Waals surface area contributed by atoms with Crippen LogP contribution in [0.4, 0.5) is 0 Å². The van der Waals surface area contributed by atoms with Crippen LogP contribution < -0.4 is 10.6 Å². The van der Waals surface area contributed by atoms with E-state index in [-0.39, 0.29) is 23.8 Å². The van der Waals surface area contributed by atoms with Gasteiger partial charge in [0.1, 0.15) is 6.04 Å². The van der Waals surface area contributed by atoms with Gasteiger partial charge in [-0.15, -0.1) is 0 Å². The fourth-order valence-corrected chi connectivity index (χ4v) is 3.94. The Kier molecular flexibility index (Phi) is 8.42. The fraction of sp³-hybridized carbons (Fsp3) is 0.423. The molecule has 3 amide bonds. The van der Waals surface area contributed by atoms with E-state index in [1.807, 2.05) is 55.1 Å². The highest BCUT2D eigenvalue weighted by molar-refractivity contribution is 5.97. The summed E-state index contributed by atoms with van der Waals surface area (Å²) in [5.41, 5.74) is 1.51. The first-order valence-corrected chi connectivity index (χ1v) is 11.4. The molecule has 1 unspecified atom stereocenters. The van der Waals surface area contributed by atoms with Crippen molar-refractivity contribution in [3.05, 3.63) is 71.8 Å². The molecule has 6 nitrogen and oxygen atoms in total. The summed E-state index contributed by atoms with van der Waals surface area (Å²) in [4.78, 5) is 40.0. The van der Waals surface area contributed by atoms with Gasteiger partial charge in [0.2, 0.25) is 11.8 Å². The van der Waals surface area contributed by atoms with Gasteiger partial charge in [-0.2, -0.15) is 0 Å². The van der Waals surface area contributed by atoms with Crippen molar-refractivity contribution in [3.8, 4) is 0 Å². The van der Waals surface area contributed by atoms with E-state index in [9.17, 15) is 14.4 Å². The first-order chi connectivity index (χ1) is 15.4. The van der Waals surface area contributed by atoms with Gasteiger partial charge in [0.05, 0.1) is 0 Å². The number of carbonyl (C=O) groups is 3. The van der Waals surface area contributed by atoms with Crippen molar-refractivity contribution in [2.24, 2.45) is 5.92 Å². The van der Waals surface area contributed by atoms with Gasteiger partial charge in [0, 0.05) is 37.5 Å². The number of amides is 3. The molecule has 2 N–H and O–H groups in total. The van der Waals surface area contributed by atoms with Crippen molar-refractivity contribution in [2.75, 3.05) is 13.1 Å². The zero-order chi connectivity index (χ0) is 22.9. The summed E-state index contributed by atoms with van der Waals surface area (Å²) < 4.78 is 0. The van der Waals surface area contributed by atoms with E-state index < -0.39 is 6.04 Å². The number of carbonyl (C=O) groups excluding carboxylic acids is 3. The zero-order valence-corrected chi connectivity index (χ0v) is 18.9. The average molecular weight is 436 g/mol. The number of nitrogens with one attached hydrogen (secondary N) is 2. The monoisotopic (exact) mass is 435 g/mol. The third-order valence-electron chi connectivity index (χ3n) is 5.72. The van der Waals surface area contributed by atoms with E-state index in [1.54, 1.807) is 24.3 Å². The lowest BCUT2D eigenvalue weighted by molar-refractivity contribution is -0.133. The molecule has 2 aromatic carbocycles. The van der Waals surface area contributed by atoms with Crippen molar-refractivity contribution in [1.29, 1.82) is 0 Å². The van der Waals surface area contributed by atoms with Crippen LogP contribution in [0.15, 0.2) is 60.7 Å². The third-order valence-corrected chi connectivity index (χ3v) is 5.72. The molecule has 32 heavy (non-hydrogen) atoms. The van der Waals surface area contributed by atoms with Crippen LogP contribution in [0.1, 0.15) is 49.0 Å². The fourth-order valence-electron chi connectivity index (χ4n) is 3.94. The Hall–Kier alpha value is -3.15. The highest BCUT2D eigenvalue weighted by Crippen LogP contribution is 2.14. The number of likely N-dealkylation sites (tertiary alicyclic amines) is 1. The molecule has 0 aliphatic carbocycles. The quantitative estimate of drug-likeness (QED) is 0.669. The van der Waals surface area contributed by atoms with Gasteiger partial charge in [-0.25, -0.2) is 0 Å². The van der Waals surface area contributed by atoms with Gasteiger partial charge in [0.15, 0.2) is 0 Å². The van der Waals surface area contributed by atoms with Crippen LogP contribution in [0.5, 0.6) is 0 Å². The topological polar surface area (TPSA) is 78.5 Å². The highest BCUT2D eigenvalue weighted by atomic mass is 16.2. The van der Waals surface area contributed by atoms with E-state index in [4.69, 9.17) is 0 Å². The van der Waals surface area contributed by atoms with Crippen LogP contribution in [0.2, 0.25) is 0 Å². The van der Waals surface area contributed by atoms with Crippen molar-refractivity contribution >= 4 is 17.7 Å². The molecule has 0 bridgehead atoms. The minimum atomic E-state index is -0.675. The molecule has 1 fully saturated rings. The lowest BCUT2D eigenvalue weighted by atomic mass is 10.0. The Morgan fingerprint density at radius 3 is 2.12 bits per heavy atom. The average Bonchev–Trinajstić information content (AvgIpc) is 2.80. The number of piperidine rings is 1. The van der Waals surface area contributed by atoms with Crippen molar-refractivity contribution in [1.82, 2.24) is 15.5 Å². The molecule has 0 saturated carbocycles. The molecule has 1 aliphatic rings. The predicted octanol–water partition coefficient (Wildman–Crippen LogP) is 3.18. The molecule has 6 heteroatoms. The van der Waals surface area contributed by atoms with E-state index in [2.05, 4.69) is 10.6 Å². The van der Waals surface area contributed by atoms with Gasteiger partial charge < -0.3 is 15.5 Å². The molecule has 3 rings (SSSR count). The largest absolute Gasteiger partial charge is 0.351 e. The van der Waals surface area contributed by atoms with Gasteiger partial charge in [-0.05, 0) is 36.5 Å². The van der Waals surface area contributed by atoms with Crippen LogP contribution >= 0.6 is 0 Å². The van der Waals surface area contributed by atoms with E-state index in [1.165, 1.54) is 0 Å². The molecule has 0 spiro atoms. The molecule has 1 aliphatic heterocycles. The summed E-state index contributed by atoms with van der Waals surface area (Å²) in [6.07, 6.45) is 2.42. The van der Waals surface area contributed by atoms with Crippen molar-refractivity contribution in [3.63, 3.8) is 0 Å². The second-order valence-electron chi connectivity index (χ2n) is 8.84. The maximum Gasteiger partial charge on any atom is 0.251 e. The van der Waals surface area contributed by atoms with Crippen LogP contribution in [0.25, 0.3) is 0 Å². The molecule has 170 valence electrons. The van der Waals surface area contributed by atoms with Gasteiger partial charge >= 0.3 is 0 Å². The van der Waals surface area contributed by atoms with Crippen LogP contribution in [-0.2, 0) is 16.0 Å². The Labute approximate surface area is 190 Å². The molecule has 1 atom stereocenters. The highest BCUT2D eigenvalue weighted by Gasteiger charge is 2.28. The molecule has 1 saturated heterocycles. The SMILES string of the molecule is CC(C)CC(=O)N1CCC(NC(=O)C(Cc2ccccc2)NC(=O)c2ccccc2)CC1. The molecular weight excluding hydrogens is 402 g/mol. The Bertz CT molecular complexity index is 891. The maximum atomic E-state index is 13.1. The number of hydrogen-bond donors (Lipinski definition) is 2. The van der Waals surface area contributed by atoms with Gasteiger partial charge in [-0.1, -0.05) is 62.4 Å². The Morgan fingerprint density at radius 1 is 0.938 bits per heavy atom. The Balaban J connectivity index is 1.61. The van der Waals surface area contributed by atoms with Gasteiger partial charge in [-0.3, -0.25) is 14.4 Å². The van der Waals surface area contributed by atoms with E-state index >= 15 is 0 Å². The summed E-state index contributed by atoms with van der Waals surface area (Å²) in [7, 11) is 0. The number of hydrogen-bond acceptors (Lipinski definition) is 3. The summed E-state index contributed by atoms with van der Waals surface area (Å²) in [6, 6.07) is 17.9. The summed E-state index contributed by atoms with van der Waals surface area (Å²) in [5.74, 6) is 0.0645. The minimum absolute atomic E-state index is 0.00231. The first kappa shape index (κ1) is 23.5. The smallest absolute Gasteiger partial charge is 0.251 e. The minimum Gasteiger partial charge on any atom is -0.351 e. The lowest BCUT2D eigenvalue weighted by Gasteiger charge is -2.33. The zero-order valence-electron chi connectivity index (χ0n) is 18.9.